The lowest BCUT2D eigenvalue weighted by molar-refractivity contribution is 0.411. The first-order valence-electron chi connectivity index (χ1n) is 17.2. The highest BCUT2D eigenvalue weighted by atomic mass is 32.1. The van der Waals surface area contributed by atoms with Crippen molar-refractivity contribution < 1.29 is 4.42 Å². The smallest absolute Gasteiger partial charge is 0.143 e. The number of para-hydroxylation sites is 2. The van der Waals surface area contributed by atoms with E-state index in [1.54, 1.807) is 0 Å². The Labute approximate surface area is 301 Å². The summed E-state index contributed by atoms with van der Waals surface area (Å²) < 4.78 is 11.5. The molecule has 0 fully saturated rings. The first-order chi connectivity index (χ1) is 25.2. The maximum atomic E-state index is 6.39. The largest absolute Gasteiger partial charge is 0.455 e. The van der Waals surface area contributed by atoms with Gasteiger partial charge in [-0.05, 0) is 47.5 Å². The highest BCUT2D eigenvalue weighted by Crippen LogP contribution is 2.42. The molecule has 6 heteroatoms. The molecule has 242 valence electrons. The Morgan fingerprint density at radius 3 is 2.22 bits per heavy atom. The normalized spacial score (nSPS) is 16.4. The van der Waals surface area contributed by atoms with Crippen molar-refractivity contribution in [1.82, 2.24) is 10.6 Å². The summed E-state index contributed by atoms with van der Waals surface area (Å²) in [5, 5.41) is 15.0. The van der Waals surface area contributed by atoms with Crippen LogP contribution in [-0.4, -0.2) is 5.84 Å². The molecule has 10 aromatic rings. The van der Waals surface area contributed by atoms with Crippen molar-refractivity contribution in [1.29, 1.82) is 0 Å². The molecule has 0 aliphatic carbocycles. The summed E-state index contributed by atoms with van der Waals surface area (Å²) in [6, 6.07) is 54.2. The Balaban J connectivity index is 1.01. The van der Waals surface area contributed by atoms with Gasteiger partial charge >= 0.3 is 0 Å². The van der Waals surface area contributed by atoms with Gasteiger partial charge in [0, 0.05) is 67.8 Å². The van der Waals surface area contributed by atoms with E-state index in [9.17, 15) is 0 Å². The van der Waals surface area contributed by atoms with Crippen molar-refractivity contribution >= 4 is 90.8 Å². The minimum Gasteiger partial charge on any atom is -0.455 e. The lowest BCUT2D eigenvalue weighted by atomic mass is 10.0. The lowest BCUT2D eigenvalue weighted by Gasteiger charge is -2.32. The molecule has 0 bridgehead atoms. The minimum absolute atomic E-state index is 0.127. The Morgan fingerprint density at radius 1 is 0.529 bits per heavy atom. The maximum absolute atomic E-state index is 6.39. The van der Waals surface area contributed by atoms with Crippen LogP contribution in [0.3, 0.4) is 0 Å². The van der Waals surface area contributed by atoms with Crippen LogP contribution in [0.5, 0.6) is 0 Å². The van der Waals surface area contributed by atoms with Crippen molar-refractivity contribution in [3.05, 3.63) is 168 Å². The predicted octanol–water partition coefficient (Wildman–Crippen LogP) is 12.3. The standard InChI is InChI=1S/C45H29N3OS2/c1-2-10-26(11-3-1)43-46-44(48-45(47-43)35-17-9-16-34-31-13-5-7-19-38(31)51-42(34)35)28-21-23-39-36(24-28)32-22-20-27(25-40(32)50-39)29-14-8-15-33-30-12-4-6-18-37(30)49-41(29)33/h1-25,43,45,47H,(H,46,48). The Bertz CT molecular complexity index is 3010. The topological polar surface area (TPSA) is 49.6 Å². The number of nitrogens with one attached hydrogen (secondary N) is 2. The summed E-state index contributed by atoms with van der Waals surface area (Å²) in [5.41, 5.74) is 7.58. The molecule has 0 amide bonds. The van der Waals surface area contributed by atoms with Crippen LogP contribution < -0.4 is 10.6 Å². The van der Waals surface area contributed by atoms with E-state index in [0.717, 1.165) is 50.0 Å². The molecule has 7 aromatic carbocycles. The molecule has 0 spiro atoms. The number of rotatable bonds is 4. The van der Waals surface area contributed by atoms with Crippen LogP contribution in [0.4, 0.5) is 0 Å². The van der Waals surface area contributed by atoms with Crippen molar-refractivity contribution in [2.75, 3.05) is 0 Å². The van der Waals surface area contributed by atoms with Gasteiger partial charge in [-0.15, -0.1) is 22.7 Å². The summed E-state index contributed by atoms with van der Waals surface area (Å²) in [6.45, 7) is 0. The summed E-state index contributed by atoms with van der Waals surface area (Å²) >= 11 is 3.69. The van der Waals surface area contributed by atoms with Crippen LogP contribution >= 0.6 is 22.7 Å². The van der Waals surface area contributed by atoms with E-state index in [0.29, 0.717) is 0 Å². The summed E-state index contributed by atoms with van der Waals surface area (Å²) in [4.78, 5) is 5.28. The number of nitrogens with zero attached hydrogens (tertiary/aromatic N) is 1. The van der Waals surface area contributed by atoms with E-state index in [1.807, 2.05) is 34.8 Å². The van der Waals surface area contributed by atoms with Crippen LogP contribution in [0.15, 0.2) is 161 Å². The van der Waals surface area contributed by atoms with Gasteiger partial charge in [0.1, 0.15) is 29.3 Å². The molecule has 2 unspecified atom stereocenters. The molecular formula is C45H29N3OS2. The third kappa shape index (κ3) is 4.65. The number of hydrogen-bond donors (Lipinski definition) is 2. The minimum atomic E-state index is -0.199. The number of hydrogen-bond acceptors (Lipinski definition) is 6. The molecule has 1 aliphatic heterocycles. The average molecular weight is 692 g/mol. The summed E-state index contributed by atoms with van der Waals surface area (Å²) in [5.74, 6) is 0.889. The quantitative estimate of drug-likeness (QED) is 0.193. The second kappa shape index (κ2) is 11.4. The number of fused-ring (bicyclic) bond motifs is 9. The van der Waals surface area contributed by atoms with Gasteiger partial charge in [-0.3, -0.25) is 5.32 Å². The molecule has 1 aliphatic rings. The SMILES string of the molecule is c1ccc(C2N=C(c3ccc4sc5cc(-c6cccc7c6oc6ccccc67)ccc5c4c3)NC(c3cccc4c3sc3ccccc34)N2)cc1. The number of furan rings is 1. The first-order valence-corrected chi connectivity index (χ1v) is 18.8. The molecule has 0 saturated heterocycles. The summed E-state index contributed by atoms with van der Waals surface area (Å²) in [7, 11) is 0. The third-order valence-corrected chi connectivity index (χ3v) is 12.6. The molecule has 4 nitrogen and oxygen atoms in total. The predicted molar refractivity (Wildman–Crippen MR) is 216 cm³/mol. The number of benzene rings is 7. The Kier molecular flexibility index (Phi) is 6.46. The molecule has 2 N–H and O–H groups in total. The van der Waals surface area contributed by atoms with Crippen molar-refractivity contribution in [2.45, 2.75) is 12.3 Å². The van der Waals surface area contributed by atoms with E-state index in [4.69, 9.17) is 9.41 Å². The molecule has 3 aromatic heterocycles. The molecule has 51 heavy (non-hydrogen) atoms. The van der Waals surface area contributed by atoms with E-state index >= 15 is 0 Å². The van der Waals surface area contributed by atoms with Gasteiger partial charge in [-0.25, -0.2) is 4.99 Å². The van der Waals surface area contributed by atoms with E-state index in [2.05, 4.69) is 150 Å². The molecule has 11 rings (SSSR count). The van der Waals surface area contributed by atoms with Crippen LogP contribution in [0.25, 0.3) is 73.4 Å². The van der Waals surface area contributed by atoms with Crippen LogP contribution in [-0.2, 0) is 0 Å². The van der Waals surface area contributed by atoms with Crippen LogP contribution in [0.2, 0.25) is 0 Å². The zero-order valence-corrected chi connectivity index (χ0v) is 28.9. The van der Waals surface area contributed by atoms with E-state index < -0.39 is 0 Å². The second-order valence-corrected chi connectivity index (χ2v) is 15.3. The summed E-state index contributed by atoms with van der Waals surface area (Å²) in [6.07, 6.45) is -0.326. The number of amidine groups is 1. The highest BCUT2D eigenvalue weighted by molar-refractivity contribution is 7.26. The zero-order valence-electron chi connectivity index (χ0n) is 27.3. The van der Waals surface area contributed by atoms with Crippen LogP contribution in [0, 0.1) is 0 Å². The number of aliphatic imine (C=N–C) groups is 1. The van der Waals surface area contributed by atoms with Gasteiger partial charge in [0.25, 0.3) is 0 Å². The van der Waals surface area contributed by atoms with Crippen molar-refractivity contribution in [3.63, 3.8) is 0 Å². The molecule has 0 saturated carbocycles. The van der Waals surface area contributed by atoms with E-state index in [-0.39, 0.29) is 12.3 Å². The van der Waals surface area contributed by atoms with Gasteiger partial charge in [-0.1, -0.05) is 115 Å². The average Bonchev–Trinajstić information content (AvgIpc) is 3.88. The van der Waals surface area contributed by atoms with Crippen molar-refractivity contribution in [2.24, 2.45) is 4.99 Å². The fourth-order valence-electron chi connectivity index (χ4n) is 7.73. The molecule has 0 radical (unpaired) electrons. The van der Waals surface area contributed by atoms with Crippen LogP contribution in [0.1, 0.15) is 29.0 Å². The van der Waals surface area contributed by atoms with Gasteiger partial charge in [-0.2, -0.15) is 0 Å². The molecule has 4 heterocycles. The second-order valence-electron chi connectivity index (χ2n) is 13.2. The highest BCUT2D eigenvalue weighted by Gasteiger charge is 2.27. The maximum Gasteiger partial charge on any atom is 0.143 e. The van der Waals surface area contributed by atoms with Gasteiger partial charge in [0.2, 0.25) is 0 Å². The molecule has 2 atom stereocenters. The van der Waals surface area contributed by atoms with Crippen molar-refractivity contribution in [3.8, 4) is 11.1 Å². The van der Waals surface area contributed by atoms with Gasteiger partial charge < -0.3 is 9.73 Å². The fourth-order valence-corrected chi connectivity index (χ4v) is 10.1. The Morgan fingerprint density at radius 2 is 1.27 bits per heavy atom. The van der Waals surface area contributed by atoms with Gasteiger partial charge in [0.05, 0.1) is 0 Å². The Hall–Kier alpha value is -5.79. The monoisotopic (exact) mass is 691 g/mol. The fraction of sp³-hybridized carbons (Fsp3) is 0.0444. The third-order valence-electron chi connectivity index (χ3n) is 10.2. The number of thiophene rings is 2. The van der Waals surface area contributed by atoms with E-state index in [1.165, 1.54) is 45.9 Å². The molecular weight excluding hydrogens is 663 g/mol. The lowest BCUT2D eigenvalue weighted by Crippen LogP contribution is -2.45. The first kappa shape index (κ1) is 29.0. The zero-order chi connectivity index (χ0) is 33.5. The van der Waals surface area contributed by atoms with Gasteiger partial charge in [0.15, 0.2) is 0 Å².